The van der Waals surface area contributed by atoms with Crippen molar-refractivity contribution in [2.24, 2.45) is 0 Å². The van der Waals surface area contributed by atoms with E-state index in [1.54, 1.807) is 24.6 Å². The van der Waals surface area contributed by atoms with Gasteiger partial charge in [0.05, 0.1) is 5.41 Å². The van der Waals surface area contributed by atoms with Gasteiger partial charge in [-0.15, -0.1) is 11.3 Å². The van der Waals surface area contributed by atoms with E-state index in [9.17, 15) is 0 Å². The maximum atomic E-state index is 5.23. The number of hydrogen-bond donors (Lipinski definition) is 0. The highest BCUT2D eigenvalue weighted by molar-refractivity contribution is 7.09. The zero-order valence-electron chi connectivity index (χ0n) is 9.43. The molecule has 2 heterocycles. The molecule has 0 amide bonds. The molecule has 16 heavy (non-hydrogen) atoms. The summed E-state index contributed by atoms with van der Waals surface area (Å²) in [6.07, 6.45) is 1.77. The summed E-state index contributed by atoms with van der Waals surface area (Å²) in [5.41, 5.74) is -0.354. The smallest absolute Gasteiger partial charge is 0.239 e. The molecule has 0 atom stereocenters. The second kappa shape index (κ2) is 4.31. The molecule has 0 saturated heterocycles. The van der Waals surface area contributed by atoms with Gasteiger partial charge in [0.25, 0.3) is 0 Å². The molecule has 0 N–H and O–H groups in total. The van der Waals surface area contributed by atoms with Crippen LogP contribution in [0, 0.1) is 0 Å². The van der Waals surface area contributed by atoms with Crippen LogP contribution in [0.4, 0.5) is 0 Å². The van der Waals surface area contributed by atoms with Gasteiger partial charge >= 0.3 is 0 Å². The Hall–Kier alpha value is -1.27. The van der Waals surface area contributed by atoms with Gasteiger partial charge < -0.3 is 9.26 Å². The van der Waals surface area contributed by atoms with Crippen LogP contribution in [0.15, 0.2) is 16.1 Å². The van der Waals surface area contributed by atoms with E-state index in [2.05, 4.69) is 15.1 Å². The molecule has 2 aromatic rings. The first kappa shape index (κ1) is 11.2. The molecule has 0 fully saturated rings. The fourth-order valence-electron chi connectivity index (χ4n) is 1.32. The van der Waals surface area contributed by atoms with Crippen molar-refractivity contribution in [1.29, 1.82) is 0 Å². The van der Waals surface area contributed by atoms with E-state index in [-0.39, 0.29) is 5.41 Å². The first-order chi connectivity index (χ1) is 7.64. The van der Waals surface area contributed by atoms with Gasteiger partial charge in [0.2, 0.25) is 5.89 Å². The largest absolute Gasteiger partial charge is 0.377 e. The van der Waals surface area contributed by atoms with E-state index in [1.165, 1.54) is 0 Å². The lowest BCUT2D eigenvalue weighted by Gasteiger charge is -2.15. The predicted molar refractivity (Wildman–Crippen MR) is 59.3 cm³/mol. The van der Waals surface area contributed by atoms with Crippen LogP contribution in [0.2, 0.25) is 0 Å². The summed E-state index contributed by atoms with van der Waals surface area (Å²) in [7, 11) is 1.60. The van der Waals surface area contributed by atoms with Gasteiger partial charge in [0, 0.05) is 18.7 Å². The number of ether oxygens (including phenoxy) is 1. The van der Waals surface area contributed by atoms with Crippen molar-refractivity contribution in [1.82, 2.24) is 15.1 Å². The highest BCUT2D eigenvalue weighted by atomic mass is 32.1. The molecule has 0 aromatic carbocycles. The zero-order chi connectivity index (χ0) is 11.6. The lowest BCUT2D eigenvalue weighted by atomic mass is 9.94. The van der Waals surface area contributed by atoms with Gasteiger partial charge in [-0.3, -0.25) is 0 Å². The number of aromatic nitrogens is 3. The Labute approximate surface area is 97.5 Å². The van der Waals surface area contributed by atoms with Crippen molar-refractivity contribution >= 4 is 11.3 Å². The van der Waals surface area contributed by atoms with E-state index in [0.717, 1.165) is 5.01 Å². The van der Waals surface area contributed by atoms with Crippen LogP contribution in [0.25, 0.3) is 0 Å². The highest BCUT2D eigenvalue weighted by Crippen LogP contribution is 2.31. The Balaban J connectivity index is 2.28. The Morgan fingerprint density at radius 2 is 2.31 bits per heavy atom. The molecule has 6 heteroatoms. The Kier molecular flexibility index (Phi) is 3.02. The minimum absolute atomic E-state index is 0.354. The number of thiazole rings is 1. The fraction of sp³-hybridized carbons (Fsp3) is 0.500. The van der Waals surface area contributed by atoms with Crippen LogP contribution < -0.4 is 0 Å². The van der Waals surface area contributed by atoms with Crippen molar-refractivity contribution in [3.8, 4) is 0 Å². The molecule has 0 spiro atoms. The predicted octanol–water partition coefficient (Wildman–Crippen LogP) is 2.00. The lowest BCUT2D eigenvalue weighted by Crippen LogP contribution is -2.19. The van der Waals surface area contributed by atoms with Crippen LogP contribution in [-0.4, -0.2) is 22.2 Å². The summed E-state index contributed by atoms with van der Waals surface area (Å²) < 4.78 is 10.2. The summed E-state index contributed by atoms with van der Waals surface area (Å²) in [5, 5.41) is 6.74. The topological polar surface area (TPSA) is 61.0 Å². The third kappa shape index (κ3) is 1.98. The minimum atomic E-state index is -0.354. The van der Waals surface area contributed by atoms with E-state index >= 15 is 0 Å². The lowest BCUT2D eigenvalue weighted by molar-refractivity contribution is 0.174. The Bertz CT molecular complexity index is 450. The van der Waals surface area contributed by atoms with Gasteiger partial charge in [-0.05, 0) is 13.8 Å². The van der Waals surface area contributed by atoms with Crippen LogP contribution >= 0.6 is 11.3 Å². The van der Waals surface area contributed by atoms with Crippen LogP contribution in [0.3, 0.4) is 0 Å². The van der Waals surface area contributed by atoms with Crippen LogP contribution in [0.5, 0.6) is 0 Å². The molecule has 0 saturated carbocycles. The SMILES string of the molecule is COCc1noc(C(C)(C)c2nccs2)n1. The Morgan fingerprint density at radius 3 is 2.94 bits per heavy atom. The average molecular weight is 239 g/mol. The summed E-state index contributed by atoms with van der Waals surface area (Å²) in [6.45, 7) is 4.38. The molecule has 0 aliphatic rings. The van der Waals surface area contributed by atoms with Crippen LogP contribution in [0.1, 0.15) is 30.6 Å². The summed E-state index contributed by atoms with van der Waals surface area (Å²) in [5.74, 6) is 1.12. The first-order valence-corrected chi connectivity index (χ1v) is 5.74. The third-order valence-corrected chi connectivity index (χ3v) is 3.34. The van der Waals surface area contributed by atoms with Crippen molar-refractivity contribution in [2.75, 3.05) is 7.11 Å². The van der Waals surface area contributed by atoms with E-state index in [4.69, 9.17) is 9.26 Å². The third-order valence-electron chi connectivity index (χ3n) is 2.24. The number of methoxy groups -OCH3 is 1. The fourth-order valence-corrected chi connectivity index (χ4v) is 2.07. The number of rotatable bonds is 4. The molecule has 86 valence electrons. The molecule has 0 aliphatic carbocycles. The molecule has 0 radical (unpaired) electrons. The first-order valence-electron chi connectivity index (χ1n) is 4.86. The molecule has 5 nitrogen and oxygen atoms in total. The zero-order valence-corrected chi connectivity index (χ0v) is 10.2. The monoisotopic (exact) mass is 239 g/mol. The second-order valence-corrected chi connectivity index (χ2v) is 4.81. The normalized spacial score (nSPS) is 11.9. The summed E-state index contributed by atoms with van der Waals surface area (Å²) in [6, 6.07) is 0. The quantitative estimate of drug-likeness (QED) is 0.816. The van der Waals surface area contributed by atoms with Crippen molar-refractivity contribution < 1.29 is 9.26 Å². The maximum absolute atomic E-state index is 5.23. The van der Waals surface area contributed by atoms with Gasteiger partial charge in [-0.1, -0.05) is 5.16 Å². The number of hydrogen-bond acceptors (Lipinski definition) is 6. The molecule has 2 aromatic heterocycles. The van der Waals surface area contributed by atoms with Crippen molar-refractivity contribution in [2.45, 2.75) is 25.9 Å². The maximum Gasteiger partial charge on any atom is 0.239 e. The minimum Gasteiger partial charge on any atom is -0.377 e. The van der Waals surface area contributed by atoms with Crippen LogP contribution in [-0.2, 0) is 16.8 Å². The van der Waals surface area contributed by atoms with Gasteiger partial charge in [-0.25, -0.2) is 4.98 Å². The molecular weight excluding hydrogens is 226 g/mol. The average Bonchev–Trinajstić information content (AvgIpc) is 2.88. The highest BCUT2D eigenvalue weighted by Gasteiger charge is 2.32. The van der Waals surface area contributed by atoms with E-state index in [1.807, 2.05) is 19.2 Å². The second-order valence-electron chi connectivity index (χ2n) is 3.91. The number of nitrogens with zero attached hydrogens (tertiary/aromatic N) is 3. The van der Waals surface area contributed by atoms with E-state index < -0.39 is 0 Å². The van der Waals surface area contributed by atoms with Gasteiger partial charge in [-0.2, -0.15) is 4.98 Å². The summed E-state index contributed by atoms with van der Waals surface area (Å²) >= 11 is 1.58. The molecular formula is C10H13N3O2S. The molecule has 0 bridgehead atoms. The van der Waals surface area contributed by atoms with Gasteiger partial charge in [0.15, 0.2) is 5.82 Å². The van der Waals surface area contributed by atoms with Crippen molar-refractivity contribution in [3.05, 3.63) is 28.3 Å². The standard InChI is InChI=1S/C10H13N3O2S/c1-10(2,9-11-4-5-16-9)8-12-7(6-14-3)13-15-8/h4-5H,6H2,1-3H3. The van der Waals surface area contributed by atoms with Crippen molar-refractivity contribution in [3.63, 3.8) is 0 Å². The summed E-state index contributed by atoms with van der Waals surface area (Å²) in [4.78, 5) is 8.57. The molecule has 2 rings (SSSR count). The molecule has 0 unspecified atom stereocenters. The van der Waals surface area contributed by atoms with Gasteiger partial charge in [0.1, 0.15) is 11.6 Å². The Morgan fingerprint density at radius 1 is 1.50 bits per heavy atom. The van der Waals surface area contributed by atoms with E-state index in [0.29, 0.717) is 18.3 Å². The molecule has 0 aliphatic heterocycles.